The number of hydrogen-bond acceptors (Lipinski definition) is 2. The van der Waals surface area contributed by atoms with Crippen molar-refractivity contribution in [2.75, 3.05) is 0 Å². The molecule has 5 heteroatoms. The van der Waals surface area contributed by atoms with E-state index in [4.69, 9.17) is 5.11 Å². The summed E-state index contributed by atoms with van der Waals surface area (Å²) in [7, 11) is 1.79. The highest BCUT2D eigenvalue weighted by atomic mass is 16.4. The van der Waals surface area contributed by atoms with E-state index in [0.29, 0.717) is 12.1 Å². The molecule has 1 rings (SSSR count). The van der Waals surface area contributed by atoms with Crippen molar-refractivity contribution in [3.63, 3.8) is 0 Å². The summed E-state index contributed by atoms with van der Waals surface area (Å²) in [5, 5.41) is 11.5. The number of aliphatic carboxylic acids is 1. The van der Waals surface area contributed by atoms with E-state index in [1.807, 2.05) is 13.8 Å². The number of nitrogens with zero attached hydrogens (tertiary/aromatic N) is 1. The van der Waals surface area contributed by atoms with Crippen LogP contribution >= 0.6 is 0 Å². The molecule has 0 saturated carbocycles. The van der Waals surface area contributed by atoms with Crippen LogP contribution in [0.1, 0.15) is 37.2 Å². The van der Waals surface area contributed by atoms with Gasteiger partial charge in [-0.3, -0.25) is 9.59 Å². The molecule has 0 aromatic carbocycles. The fraction of sp³-hybridized carbons (Fsp3) is 0.500. The van der Waals surface area contributed by atoms with E-state index in [0.717, 1.165) is 0 Å². The monoisotopic (exact) mass is 238 g/mol. The highest BCUT2D eigenvalue weighted by Crippen LogP contribution is 2.12. The van der Waals surface area contributed by atoms with Crippen molar-refractivity contribution in [3.05, 3.63) is 24.0 Å². The zero-order valence-electron chi connectivity index (χ0n) is 10.4. The zero-order chi connectivity index (χ0) is 13.1. The van der Waals surface area contributed by atoms with Gasteiger partial charge in [-0.25, -0.2) is 0 Å². The Hall–Kier alpha value is -1.78. The van der Waals surface area contributed by atoms with Crippen molar-refractivity contribution in [1.29, 1.82) is 0 Å². The van der Waals surface area contributed by atoms with Crippen LogP contribution in [-0.4, -0.2) is 27.1 Å². The Morgan fingerprint density at radius 3 is 2.59 bits per heavy atom. The van der Waals surface area contributed by atoms with Gasteiger partial charge in [-0.15, -0.1) is 0 Å². The lowest BCUT2D eigenvalue weighted by Crippen LogP contribution is -2.44. The summed E-state index contributed by atoms with van der Waals surface area (Å²) in [6, 6.07) is 3.52. The number of carboxylic acids is 1. The molecule has 1 aromatic rings. The lowest BCUT2D eigenvalue weighted by atomic mass is 9.98. The van der Waals surface area contributed by atoms with Crippen molar-refractivity contribution in [2.45, 2.75) is 32.2 Å². The third-order valence-electron chi connectivity index (χ3n) is 2.59. The molecule has 0 saturated heterocycles. The van der Waals surface area contributed by atoms with E-state index in [9.17, 15) is 9.59 Å². The third-order valence-corrected chi connectivity index (χ3v) is 2.59. The highest BCUT2D eigenvalue weighted by molar-refractivity contribution is 5.93. The maximum Gasteiger partial charge on any atom is 0.303 e. The Morgan fingerprint density at radius 2 is 2.12 bits per heavy atom. The fourth-order valence-corrected chi connectivity index (χ4v) is 1.55. The molecular formula is C12H18N2O3. The third kappa shape index (κ3) is 3.94. The van der Waals surface area contributed by atoms with Crippen LogP contribution in [0.5, 0.6) is 0 Å². The van der Waals surface area contributed by atoms with Crippen LogP contribution in [-0.2, 0) is 11.8 Å². The van der Waals surface area contributed by atoms with Crippen molar-refractivity contribution in [1.82, 2.24) is 9.88 Å². The summed E-state index contributed by atoms with van der Waals surface area (Å²) >= 11 is 0. The van der Waals surface area contributed by atoms with Gasteiger partial charge in [0.1, 0.15) is 5.69 Å². The minimum absolute atomic E-state index is 0.0421. The molecule has 0 atom stereocenters. The van der Waals surface area contributed by atoms with E-state index in [1.165, 1.54) is 0 Å². The number of aromatic nitrogens is 1. The second-order valence-corrected chi connectivity index (χ2v) is 4.74. The largest absolute Gasteiger partial charge is 0.481 e. The average Bonchev–Trinajstić information content (AvgIpc) is 2.61. The molecule has 1 aromatic heterocycles. The standard InChI is InChI=1S/C12H18N2O3/c1-12(2,7-6-10(15)16)13-11(17)9-5-4-8-14(9)3/h4-5,8H,6-7H2,1-3H3,(H,13,17)(H,15,16). The number of nitrogens with one attached hydrogen (secondary N) is 1. The molecule has 0 radical (unpaired) electrons. The summed E-state index contributed by atoms with van der Waals surface area (Å²) in [6.07, 6.45) is 2.23. The Kier molecular flexibility index (Phi) is 3.93. The molecule has 0 unspecified atom stereocenters. The van der Waals surface area contributed by atoms with Crippen molar-refractivity contribution in [3.8, 4) is 0 Å². The molecule has 0 bridgehead atoms. The van der Waals surface area contributed by atoms with Gasteiger partial charge in [-0.2, -0.15) is 0 Å². The fourth-order valence-electron chi connectivity index (χ4n) is 1.55. The molecule has 1 amide bonds. The zero-order valence-corrected chi connectivity index (χ0v) is 10.4. The van der Waals surface area contributed by atoms with E-state index in [-0.39, 0.29) is 12.3 Å². The summed E-state index contributed by atoms with van der Waals surface area (Å²) in [5.41, 5.74) is 0.0353. The smallest absolute Gasteiger partial charge is 0.303 e. The number of carbonyl (C=O) groups excluding carboxylic acids is 1. The summed E-state index contributed by atoms with van der Waals surface area (Å²) in [5.74, 6) is -1.04. The minimum Gasteiger partial charge on any atom is -0.481 e. The van der Waals surface area contributed by atoms with Crippen molar-refractivity contribution >= 4 is 11.9 Å². The molecular weight excluding hydrogens is 220 g/mol. The molecule has 1 heterocycles. The quantitative estimate of drug-likeness (QED) is 0.814. The Labute approximate surface area is 100 Å². The van der Waals surface area contributed by atoms with Crippen molar-refractivity contribution < 1.29 is 14.7 Å². The first-order valence-electron chi connectivity index (χ1n) is 5.47. The van der Waals surface area contributed by atoms with E-state index < -0.39 is 11.5 Å². The Morgan fingerprint density at radius 1 is 1.47 bits per heavy atom. The molecule has 17 heavy (non-hydrogen) atoms. The van der Waals surface area contributed by atoms with E-state index in [2.05, 4.69) is 5.32 Å². The Balaban J connectivity index is 2.61. The van der Waals surface area contributed by atoms with Gasteiger partial charge in [0.2, 0.25) is 0 Å². The number of hydrogen-bond donors (Lipinski definition) is 2. The first kappa shape index (κ1) is 13.3. The highest BCUT2D eigenvalue weighted by Gasteiger charge is 2.22. The van der Waals surface area contributed by atoms with Crippen molar-refractivity contribution in [2.24, 2.45) is 7.05 Å². The van der Waals surface area contributed by atoms with Gasteiger partial charge in [-0.05, 0) is 32.4 Å². The first-order valence-corrected chi connectivity index (χ1v) is 5.47. The predicted molar refractivity (Wildman–Crippen MR) is 63.8 cm³/mol. The molecule has 94 valence electrons. The molecule has 2 N–H and O–H groups in total. The van der Waals surface area contributed by atoms with Crippen LogP contribution in [0.3, 0.4) is 0 Å². The van der Waals surface area contributed by atoms with Gasteiger partial charge < -0.3 is 15.0 Å². The topological polar surface area (TPSA) is 71.3 Å². The van der Waals surface area contributed by atoms with Crippen LogP contribution in [0.25, 0.3) is 0 Å². The lowest BCUT2D eigenvalue weighted by molar-refractivity contribution is -0.137. The van der Waals surface area contributed by atoms with E-state index in [1.54, 1.807) is 29.9 Å². The van der Waals surface area contributed by atoms with Gasteiger partial charge in [-0.1, -0.05) is 0 Å². The summed E-state index contributed by atoms with van der Waals surface area (Å²) in [6.45, 7) is 3.63. The number of aryl methyl sites for hydroxylation is 1. The SMILES string of the molecule is Cn1cccc1C(=O)NC(C)(C)CCC(=O)O. The van der Waals surface area contributed by atoms with Gasteiger partial charge in [0, 0.05) is 25.2 Å². The van der Waals surface area contributed by atoms with E-state index >= 15 is 0 Å². The maximum absolute atomic E-state index is 11.9. The maximum atomic E-state index is 11.9. The summed E-state index contributed by atoms with van der Waals surface area (Å²) in [4.78, 5) is 22.4. The molecule has 0 spiro atoms. The first-order chi connectivity index (χ1) is 7.82. The normalized spacial score (nSPS) is 11.2. The Bertz CT molecular complexity index is 421. The number of amides is 1. The van der Waals surface area contributed by atoms with Crippen LogP contribution in [0.2, 0.25) is 0 Å². The van der Waals surface area contributed by atoms with Gasteiger partial charge in [0.05, 0.1) is 0 Å². The number of rotatable bonds is 5. The van der Waals surface area contributed by atoms with Crippen LogP contribution < -0.4 is 5.32 Å². The average molecular weight is 238 g/mol. The minimum atomic E-state index is -0.855. The van der Waals surface area contributed by atoms with Crippen LogP contribution in [0.15, 0.2) is 18.3 Å². The van der Waals surface area contributed by atoms with Gasteiger partial charge in [0.15, 0.2) is 0 Å². The van der Waals surface area contributed by atoms with Crippen LogP contribution in [0.4, 0.5) is 0 Å². The number of carbonyl (C=O) groups is 2. The van der Waals surface area contributed by atoms with Gasteiger partial charge in [0.25, 0.3) is 5.91 Å². The lowest BCUT2D eigenvalue weighted by Gasteiger charge is -2.25. The van der Waals surface area contributed by atoms with Crippen LogP contribution in [0, 0.1) is 0 Å². The molecule has 5 nitrogen and oxygen atoms in total. The molecule has 0 fully saturated rings. The predicted octanol–water partition coefficient (Wildman–Crippen LogP) is 1.40. The second kappa shape index (κ2) is 5.03. The second-order valence-electron chi connectivity index (χ2n) is 4.74. The summed E-state index contributed by atoms with van der Waals surface area (Å²) < 4.78 is 1.72. The number of carboxylic acid groups (broad SMARTS) is 1. The van der Waals surface area contributed by atoms with Gasteiger partial charge >= 0.3 is 5.97 Å². The molecule has 0 aliphatic rings. The molecule has 0 aliphatic carbocycles. The molecule has 0 aliphatic heterocycles.